The lowest BCUT2D eigenvalue weighted by atomic mass is 10.3. The van der Waals surface area contributed by atoms with Crippen LogP contribution in [-0.4, -0.2) is 4.98 Å². The van der Waals surface area contributed by atoms with Crippen LogP contribution in [-0.2, 0) is 6.54 Å². The van der Waals surface area contributed by atoms with Gasteiger partial charge in [0.25, 0.3) is 0 Å². The maximum absolute atomic E-state index is 6.03. The molecule has 0 spiro atoms. The molecule has 0 amide bonds. The van der Waals surface area contributed by atoms with Gasteiger partial charge in [0, 0.05) is 27.8 Å². The van der Waals surface area contributed by atoms with Crippen LogP contribution >= 0.6 is 39.1 Å². The van der Waals surface area contributed by atoms with E-state index in [1.165, 1.54) is 0 Å². The number of aromatic nitrogens is 1. The van der Waals surface area contributed by atoms with Crippen molar-refractivity contribution in [1.29, 1.82) is 0 Å². The highest BCUT2D eigenvalue weighted by molar-refractivity contribution is 9.10. The summed E-state index contributed by atoms with van der Waals surface area (Å²) in [5.41, 5.74) is 6.43. The molecule has 0 aliphatic rings. The molecule has 2 rings (SSSR count). The minimum absolute atomic E-state index is 0.326. The fraction of sp³-hybridized carbons (Fsp3) is 0.0833. The molecular weight excluding hydrogens is 339 g/mol. The molecule has 1 aromatic carbocycles. The van der Waals surface area contributed by atoms with Crippen LogP contribution in [0.25, 0.3) is 0 Å². The highest BCUT2D eigenvalue weighted by Gasteiger charge is 2.09. The number of halogens is 3. The molecule has 0 atom stereocenters. The second-order valence-electron chi connectivity index (χ2n) is 3.50. The van der Waals surface area contributed by atoms with E-state index in [0.29, 0.717) is 28.2 Å². The van der Waals surface area contributed by atoms with Gasteiger partial charge in [0.05, 0.1) is 5.02 Å². The van der Waals surface area contributed by atoms with Gasteiger partial charge in [0.15, 0.2) is 0 Å². The summed E-state index contributed by atoms with van der Waals surface area (Å²) in [6, 6.07) is 6.85. The van der Waals surface area contributed by atoms with Crippen molar-refractivity contribution in [3.8, 4) is 11.6 Å². The van der Waals surface area contributed by atoms with Gasteiger partial charge in [-0.15, -0.1) is 0 Å². The molecule has 6 heteroatoms. The molecule has 0 saturated heterocycles. The zero-order chi connectivity index (χ0) is 13.1. The van der Waals surface area contributed by atoms with Gasteiger partial charge < -0.3 is 10.5 Å². The number of hydrogen-bond acceptors (Lipinski definition) is 3. The molecule has 0 bridgehead atoms. The van der Waals surface area contributed by atoms with E-state index in [1.807, 2.05) is 6.07 Å². The first-order valence-corrected chi connectivity index (χ1v) is 6.62. The normalized spacial score (nSPS) is 10.4. The SMILES string of the molecule is NCc1cc(Br)cnc1Oc1ccc(Cl)cc1Cl. The van der Waals surface area contributed by atoms with Crippen LogP contribution in [0.2, 0.25) is 10.0 Å². The van der Waals surface area contributed by atoms with Gasteiger partial charge in [0.1, 0.15) is 5.75 Å². The van der Waals surface area contributed by atoms with Crippen molar-refractivity contribution in [2.75, 3.05) is 0 Å². The number of benzene rings is 1. The van der Waals surface area contributed by atoms with E-state index < -0.39 is 0 Å². The topological polar surface area (TPSA) is 48.1 Å². The Bertz CT molecular complexity index is 578. The Morgan fingerprint density at radius 2 is 2.06 bits per heavy atom. The summed E-state index contributed by atoms with van der Waals surface area (Å²) in [6.45, 7) is 0.326. The molecule has 18 heavy (non-hydrogen) atoms. The van der Waals surface area contributed by atoms with E-state index in [4.69, 9.17) is 33.7 Å². The quantitative estimate of drug-likeness (QED) is 0.894. The maximum atomic E-state index is 6.03. The van der Waals surface area contributed by atoms with E-state index in [0.717, 1.165) is 10.0 Å². The molecule has 0 unspecified atom stereocenters. The Morgan fingerprint density at radius 1 is 1.28 bits per heavy atom. The molecule has 0 radical (unpaired) electrons. The third kappa shape index (κ3) is 3.14. The predicted octanol–water partition coefficient (Wildman–Crippen LogP) is 4.40. The highest BCUT2D eigenvalue weighted by atomic mass is 79.9. The van der Waals surface area contributed by atoms with Gasteiger partial charge in [-0.05, 0) is 40.2 Å². The predicted molar refractivity (Wildman–Crippen MR) is 76.4 cm³/mol. The first kappa shape index (κ1) is 13.6. The molecule has 0 aliphatic carbocycles. The summed E-state index contributed by atoms with van der Waals surface area (Å²) in [4.78, 5) is 4.17. The summed E-state index contributed by atoms with van der Waals surface area (Å²) in [7, 11) is 0. The number of nitrogens with two attached hydrogens (primary N) is 1. The van der Waals surface area contributed by atoms with E-state index in [2.05, 4.69) is 20.9 Å². The molecule has 1 heterocycles. The molecule has 2 N–H and O–H groups in total. The number of rotatable bonds is 3. The molecule has 0 aliphatic heterocycles. The fourth-order valence-corrected chi connectivity index (χ4v) is 2.19. The molecule has 3 nitrogen and oxygen atoms in total. The summed E-state index contributed by atoms with van der Waals surface area (Å²) in [5.74, 6) is 0.926. The minimum atomic E-state index is 0.326. The molecule has 2 aromatic rings. The van der Waals surface area contributed by atoms with E-state index in [9.17, 15) is 0 Å². The Hall–Kier alpha value is -0.810. The first-order chi connectivity index (χ1) is 8.60. The second kappa shape index (κ2) is 5.89. The molecule has 94 valence electrons. The maximum Gasteiger partial charge on any atom is 0.223 e. The summed E-state index contributed by atoms with van der Waals surface area (Å²) >= 11 is 15.2. The molecule has 0 saturated carbocycles. The molecule has 0 fully saturated rings. The van der Waals surface area contributed by atoms with E-state index in [1.54, 1.807) is 24.4 Å². The van der Waals surface area contributed by atoms with Crippen LogP contribution in [0.5, 0.6) is 11.6 Å². The Morgan fingerprint density at radius 3 is 2.72 bits per heavy atom. The second-order valence-corrected chi connectivity index (χ2v) is 5.26. The number of nitrogens with zero attached hydrogens (tertiary/aromatic N) is 1. The highest BCUT2D eigenvalue weighted by Crippen LogP contribution is 2.32. The largest absolute Gasteiger partial charge is 0.437 e. The summed E-state index contributed by atoms with van der Waals surface area (Å²) in [5, 5.41) is 0.977. The van der Waals surface area contributed by atoms with Crippen LogP contribution in [0.4, 0.5) is 0 Å². The standard InChI is InChI=1S/C12H9BrCl2N2O/c13-8-3-7(5-16)12(17-6-8)18-11-2-1-9(14)4-10(11)15/h1-4,6H,5,16H2. The Balaban J connectivity index is 2.33. The average Bonchev–Trinajstić information content (AvgIpc) is 2.34. The Kier molecular flexibility index (Phi) is 4.45. The van der Waals surface area contributed by atoms with E-state index in [-0.39, 0.29) is 0 Å². The van der Waals surface area contributed by atoms with Gasteiger partial charge in [-0.1, -0.05) is 23.2 Å². The van der Waals surface area contributed by atoms with E-state index >= 15 is 0 Å². The number of ether oxygens (including phenoxy) is 1. The van der Waals surface area contributed by atoms with Crippen molar-refractivity contribution < 1.29 is 4.74 Å². The third-order valence-corrected chi connectivity index (χ3v) is 3.18. The lowest BCUT2D eigenvalue weighted by Gasteiger charge is -2.10. The average molecular weight is 348 g/mol. The van der Waals surface area contributed by atoms with Crippen molar-refractivity contribution in [3.63, 3.8) is 0 Å². The molecular formula is C12H9BrCl2N2O. The van der Waals surface area contributed by atoms with Gasteiger partial charge in [-0.3, -0.25) is 0 Å². The number of hydrogen-bond donors (Lipinski definition) is 1. The van der Waals surface area contributed by atoms with Crippen molar-refractivity contribution in [3.05, 3.63) is 50.5 Å². The summed E-state index contributed by atoms with van der Waals surface area (Å²) < 4.78 is 6.48. The van der Waals surface area contributed by atoms with Gasteiger partial charge >= 0.3 is 0 Å². The number of pyridine rings is 1. The Labute approximate surface area is 123 Å². The van der Waals surface area contributed by atoms with Crippen LogP contribution in [0.15, 0.2) is 34.9 Å². The van der Waals surface area contributed by atoms with Crippen molar-refractivity contribution >= 4 is 39.1 Å². The van der Waals surface area contributed by atoms with Crippen LogP contribution in [0.1, 0.15) is 5.56 Å². The monoisotopic (exact) mass is 346 g/mol. The van der Waals surface area contributed by atoms with Crippen molar-refractivity contribution in [1.82, 2.24) is 4.98 Å². The molecule has 1 aromatic heterocycles. The zero-order valence-electron chi connectivity index (χ0n) is 9.16. The van der Waals surface area contributed by atoms with Gasteiger partial charge in [0.2, 0.25) is 5.88 Å². The zero-order valence-corrected chi connectivity index (χ0v) is 12.3. The van der Waals surface area contributed by atoms with Crippen LogP contribution in [0.3, 0.4) is 0 Å². The first-order valence-electron chi connectivity index (χ1n) is 5.07. The third-order valence-electron chi connectivity index (χ3n) is 2.21. The fourth-order valence-electron chi connectivity index (χ4n) is 1.37. The van der Waals surface area contributed by atoms with Gasteiger partial charge in [-0.25, -0.2) is 4.98 Å². The van der Waals surface area contributed by atoms with Gasteiger partial charge in [-0.2, -0.15) is 0 Å². The van der Waals surface area contributed by atoms with Crippen molar-refractivity contribution in [2.24, 2.45) is 5.73 Å². The lowest BCUT2D eigenvalue weighted by Crippen LogP contribution is -2.01. The summed E-state index contributed by atoms with van der Waals surface area (Å²) in [6.07, 6.45) is 1.64. The minimum Gasteiger partial charge on any atom is -0.437 e. The van der Waals surface area contributed by atoms with Crippen LogP contribution < -0.4 is 10.5 Å². The lowest BCUT2D eigenvalue weighted by molar-refractivity contribution is 0.456. The van der Waals surface area contributed by atoms with Crippen LogP contribution in [0, 0.1) is 0 Å². The smallest absolute Gasteiger partial charge is 0.223 e. The van der Waals surface area contributed by atoms with Crippen molar-refractivity contribution in [2.45, 2.75) is 6.54 Å².